The Labute approximate surface area is 106 Å². The number of hydrogen-bond acceptors (Lipinski definition) is 4. The fraction of sp³-hybridized carbons (Fsp3) is 0.300. The number of nitrogens with zero attached hydrogens (tertiary/aromatic N) is 2. The van der Waals surface area contributed by atoms with Gasteiger partial charge in [0.15, 0.2) is 0 Å². The van der Waals surface area contributed by atoms with Gasteiger partial charge in [-0.15, -0.1) is 22.9 Å². The number of hydrogen-bond donors (Lipinski definition) is 1. The maximum atomic E-state index is 11.9. The summed E-state index contributed by atoms with van der Waals surface area (Å²) in [6.45, 7) is 0.756. The molecule has 1 amide bonds. The van der Waals surface area contributed by atoms with Crippen LogP contribution < -0.4 is 10.9 Å². The molecule has 17 heavy (non-hydrogen) atoms. The van der Waals surface area contributed by atoms with Gasteiger partial charge in [-0.05, 0) is 11.4 Å². The Balaban J connectivity index is 2.11. The zero-order valence-electron chi connectivity index (χ0n) is 8.85. The van der Waals surface area contributed by atoms with E-state index in [1.54, 1.807) is 6.07 Å². The highest BCUT2D eigenvalue weighted by atomic mass is 35.5. The van der Waals surface area contributed by atoms with E-state index in [0.29, 0.717) is 23.3 Å². The van der Waals surface area contributed by atoms with Crippen LogP contribution in [0.25, 0.3) is 10.2 Å². The van der Waals surface area contributed by atoms with E-state index in [9.17, 15) is 9.59 Å². The molecule has 0 radical (unpaired) electrons. The van der Waals surface area contributed by atoms with Crippen molar-refractivity contribution in [2.75, 3.05) is 12.4 Å². The molecule has 0 aliphatic carbocycles. The lowest BCUT2D eigenvalue weighted by molar-refractivity contribution is -0.118. The first kappa shape index (κ1) is 12.1. The third kappa shape index (κ3) is 2.65. The van der Waals surface area contributed by atoms with E-state index < -0.39 is 0 Å². The minimum Gasteiger partial charge on any atom is -0.353 e. The van der Waals surface area contributed by atoms with E-state index in [1.807, 2.05) is 5.38 Å². The van der Waals surface area contributed by atoms with Crippen molar-refractivity contribution in [1.29, 1.82) is 0 Å². The number of aromatic nitrogens is 2. The summed E-state index contributed by atoms with van der Waals surface area (Å²) in [5.74, 6) is -0.318. The second kappa shape index (κ2) is 5.29. The smallest absolute Gasteiger partial charge is 0.271 e. The maximum Gasteiger partial charge on any atom is 0.271 e. The topological polar surface area (TPSA) is 64.0 Å². The Morgan fingerprint density at radius 1 is 1.59 bits per heavy atom. The lowest BCUT2D eigenvalue weighted by atomic mass is 10.4. The fourth-order valence-corrected chi connectivity index (χ4v) is 2.29. The van der Waals surface area contributed by atoms with Crippen LogP contribution in [-0.4, -0.2) is 27.9 Å². The molecule has 2 heterocycles. The fourth-order valence-electron chi connectivity index (χ4n) is 1.40. The normalized spacial score (nSPS) is 10.6. The van der Waals surface area contributed by atoms with Gasteiger partial charge in [0.1, 0.15) is 10.6 Å². The van der Waals surface area contributed by atoms with Crippen LogP contribution in [0.15, 0.2) is 22.6 Å². The largest absolute Gasteiger partial charge is 0.353 e. The van der Waals surface area contributed by atoms with Crippen molar-refractivity contribution in [1.82, 2.24) is 14.9 Å². The molecule has 0 bridgehead atoms. The van der Waals surface area contributed by atoms with Crippen molar-refractivity contribution in [3.05, 3.63) is 28.1 Å². The monoisotopic (exact) mass is 271 g/mol. The number of alkyl halides is 1. The first-order valence-corrected chi connectivity index (χ1v) is 6.39. The predicted octanol–water partition coefficient (Wildman–Crippen LogP) is 0.813. The number of carbonyl (C=O) groups is 1. The van der Waals surface area contributed by atoms with Crippen LogP contribution in [0.2, 0.25) is 0 Å². The summed E-state index contributed by atoms with van der Waals surface area (Å²) in [5, 5.41) is 4.43. The minimum atomic E-state index is -0.245. The molecule has 0 aliphatic rings. The summed E-state index contributed by atoms with van der Waals surface area (Å²) in [4.78, 5) is 27.0. The van der Waals surface area contributed by atoms with E-state index in [-0.39, 0.29) is 17.3 Å². The second-order valence-corrected chi connectivity index (χ2v) is 4.55. The van der Waals surface area contributed by atoms with Crippen molar-refractivity contribution >= 4 is 39.1 Å². The van der Waals surface area contributed by atoms with Gasteiger partial charge in [-0.3, -0.25) is 14.2 Å². The number of amides is 1. The van der Waals surface area contributed by atoms with Gasteiger partial charge in [0.25, 0.3) is 5.56 Å². The number of fused-ring (bicyclic) bond motifs is 1. The summed E-state index contributed by atoms with van der Waals surface area (Å²) >= 11 is 6.71. The molecule has 0 saturated heterocycles. The average molecular weight is 272 g/mol. The molecule has 90 valence electrons. The van der Waals surface area contributed by atoms with Crippen LogP contribution in [0.4, 0.5) is 0 Å². The van der Waals surface area contributed by atoms with Crippen LogP contribution in [0.1, 0.15) is 0 Å². The van der Waals surface area contributed by atoms with Crippen LogP contribution in [0, 0.1) is 0 Å². The Kier molecular flexibility index (Phi) is 3.75. The molecule has 2 aromatic heterocycles. The zero-order chi connectivity index (χ0) is 12.3. The van der Waals surface area contributed by atoms with Crippen LogP contribution in [-0.2, 0) is 11.3 Å². The quantitative estimate of drug-likeness (QED) is 0.837. The Bertz CT molecular complexity index is 592. The number of thiophene rings is 1. The van der Waals surface area contributed by atoms with Crippen molar-refractivity contribution < 1.29 is 4.79 Å². The molecule has 1 N–H and O–H groups in total. The third-order valence-corrected chi connectivity index (χ3v) is 3.37. The highest BCUT2D eigenvalue weighted by molar-refractivity contribution is 7.17. The summed E-state index contributed by atoms with van der Waals surface area (Å²) in [6, 6.07) is 1.81. The van der Waals surface area contributed by atoms with Gasteiger partial charge >= 0.3 is 0 Å². The molecule has 0 spiro atoms. The molecule has 0 atom stereocenters. The molecule has 7 heteroatoms. The number of nitrogens with one attached hydrogen (secondary N) is 1. The summed E-state index contributed by atoms with van der Waals surface area (Å²) in [5.41, 5.74) is 0.631. The molecule has 2 aromatic rings. The molecular formula is C10H10ClN3O2S. The second-order valence-electron chi connectivity index (χ2n) is 3.36. The van der Waals surface area contributed by atoms with Crippen LogP contribution in [0.3, 0.4) is 0 Å². The van der Waals surface area contributed by atoms with E-state index in [2.05, 4.69) is 10.3 Å². The summed E-state index contributed by atoms with van der Waals surface area (Å²) in [6.07, 6.45) is 1.49. The highest BCUT2D eigenvalue weighted by Crippen LogP contribution is 2.12. The first-order valence-electron chi connectivity index (χ1n) is 4.97. The molecule has 5 nitrogen and oxygen atoms in total. The molecule has 0 unspecified atom stereocenters. The van der Waals surface area contributed by atoms with Gasteiger partial charge in [0.2, 0.25) is 5.91 Å². The van der Waals surface area contributed by atoms with E-state index in [0.717, 1.165) is 0 Å². The lowest BCUT2D eigenvalue weighted by Crippen LogP contribution is -2.31. The van der Waals surface area contributed by atoms with E-state index in [1.165, 1.54) is 22.2 Å². The molecular weight excluding hydrogens is 262 g/mol. The van der Waals surface area contributed by atoms with Gasteiger partial charge in [-0.2, -0.15) is 0 Å². The SMILES string of the molecule is O=C(CCl)NCCn1cnc2ccsc2c1=O. The Morgan fingerprint density at radius 2 is 2.41 bits per heavy atom. The standard InChI is InChI=1S/C10H10ClN3O2S/c11-5-8(15)12-2-3-14-6-13-7-1-4-17-9(7)10(14)16/h1,4,6H,2-3,5H2,(H,12,15). The number of carbonyl (C=O) groups excluding carboxylic acids is 1. The molecule has 2 rings (SSSR count). The average Bonchev–Trinajstić information content (AvgIpc) is 2.81. The predicted molar refractivity (Wildman–Crippen MR) is 67.6 cm³/mol. The Morgan fingerprint density at radius 3 is 3.18 bits per heavy atom. The van der Waals surface area contributed by atoms with Crippen molar-refractivity contribution in [3.8, 4) is 0 Å². The molecule has 0 aromatic carbocycles. The van der Waals surface area contributed by atoms with Gasteiger partial charge in [0, 0.05) is 13.1 Å². The third-order valence-electron chi connectivity index (χ3n) is 2.23. The zero-order valence-corrected chi connectivity index (χ0v) is 10.4. The van der Waals surface area contributed by atoms with Gasteiger partial charge in [-0.1, -0.05) is 0 Å². The van der Waals surface area contributed by atoms with Gasteiger partial charge in [0.05, 0.1) is 11.8 Å². The van der Waals surface area contributed by atoms with E-state index in [4.69, 9.17) is 11.6 Å². The highest BCUT2D eigenvalue weighted by Gasteiger charge is 2.05. The van der Waals surface area contributed by atoms with Crippen molar-refractivity contribution in [3.63, 3.8) is 0 Å². The molecule has 0 aliphatic heterocycles. The van der Waals surface area contributed by atoms with Crippen molar-refractivity contribution in [2.45, 2.75) is 6.54 Å². The van der Waals surface area contributed by atoms with Crippen molar-refractivity contribution in [2.24, 2.45) is 0 Å². The summed E-state index contributed by atoms with van der Waals surface area (Å²) < 4.78 is 2.11. The molecule has 0 saturated carbocycles. The van der Waals surface area contributed by atoms with Crippen LogP contribution in [0.5, 0.6) is 0 Å². The number of halogens is 1. The minimum absolute atomic E-state index is 0.0723. The lowest BCUT2D eigenvalue weighted by Gasteiger charge is -2.05. The van der Waals surface area contributed by atoms with Crippen LogP contribution >= 0.6 is 22.9 Å². The van der Waals surface area contributed by atoms with Gasteiger partial charge < -0.3 is 5.32 Å². The Hall–Kier alpha value is -1.40. The van der Waals surface area contributed by atoms with Gasteiger partial charge in [-0.25, -0.2) is 4.98 Å². The number of rotatable bonds is 4. The molecule has 0 fully saturated rings. The summed E-state index contributed by atoms with van der Waals surface area (Å²) in [7, 11) is 0. The van der Waals surface area contributed by atoms with E-state index >= 15 is 0 Å². The first-order chi connectivity index (χ1) is 8.22. The maximum absolute atomic E-state index is 11.9.